The second kappa shape index (κ2) is 14.9. The third-order valence-electron chi connectivity index (χ3n) is 3.13. The van der Waals surface area contributed by atoms with Crippen molar-refractivity contribution in [2.24, 2.45) is 17.2 Å². The maximum atomic E-state index is 10.4. The van der Waals surface area contributed by atoms with Gasteiger partial charge >= 0.3 is 23.9 Å². The van der Waals surface area contributed by atoms with E-state index in [9.17, 15) is 19.2 Å². The fraction of sp³-hybridized carbons (Fsp3) is 0.412. The predicted octanol–water partition coefficient (Wildman–Crippen LogP) is -1.71. The number of hydrogen-bond donors (Lipinski definition) is 8. The molecule has 1 rings (SSSR count). The van der Waals surface area contributed by atoms with E-state index in [2.05, 4.69) is 0 Å². The minimum Gasteiger partial charge on any atom is -0.481 e. The van der Waals surface area contributed by atoms with Crippen molar-refractivity contribution in [1.82, 2.24) is 0 Å². The van der Waals surface area contributed by atoms with E-state index >= 15 is 0 Å². The molecule has 0 aliphatic heterocycles. The van der Waals surface area contributed by atoms with Crippen LogP contribution >= 0.6 is 0 Å². The zero-order valence-corrected chi connectivity index (χ0v) is 15.7. The Morgan fingerprint density at radius 2 is 1.28 bits per heavy atom. The molecule has 0 saturated heterocycles. The van der Waals surface area contributed by atoms with Crippen LogP contribution in [-0.4, -0.2) is 73.6 Å². The van der Waals surface area contributed by atoms with Gasteiger partial charge < -0.3 is 42.7 Å². The number of carboxylic acids is 4. The molecular weight excluding hydrogens is 390 g/mol. The first-order chi connectivity index (χ1) is 13.3. The minimum atomic E-state index is -1.29. The molecule has 4 atom stereocenters. The molecule has 0 unspecified atom stereocenters. The van der Waals surface area contributed by atoms with Crippen molar-refractivity contribution >= 4 is 23.9 Å². The topological polar surface area (TPSA) is 247 Å². The highest BCUT2D eigenvalue weighted by Gasteiger charge is 2.16. The van der Waals surface area contributed by atoms with Gasteiger partial charge in [0.25, 0.3) is 0 Å². The summed E-state index contributed by atoms with van der Waals surface area (Å²) in [5.41, 5.74) is 16.0. The van der Waals surface area contributed by atoms with Crippen molar-refractivity contribution in [2.45, 2.75) is 44.0 Å². The number of nitrogens with two attached hydrogens (primary N) is 3. The normalized spacial score (nSPS) is 13.8. The van der Waals surface area contributed by atoms with Crippen LogP contribution in [0.3, 0.4) is 0 Å². The Morgan fingerprint density at radius 3 is 1.52 bits per heavy atom. The third-order valence-corrected chi connectivity index (χ3v) is 3.13. The number of aliphatic hydroxyl groups is 1. The number of aliphatic carboxylic acids is 4. The highest BCUT2D eigenvalue weighted by atomic mass is 16.4. The lowest BCUT2D eigenvalue weighted by atomic mass is 10.1. The van der Waals surface area contributed by atoms with E-state index in [4.69, 9.17) is 42.7 Å². The number of carbonyl (C=O) groups is 4. The number of rotatable bonds is 8. The fourth-order valence-electron chi connectivity index (χ4n) is 1.44. The molecule has 0 bridgehead atoms. The van der Waals surface area contributed by atoms with Crippen molar-refractivity contribution in [3.63, 3.8) is 0 Å². The Morgan fingerprint density at radius 1 is 0.828 bits per heavy atom. The van der Waals surface area contributed by atoms with Gasteiger partial charge in [-0.3, -0.25) is 19.2 Å². The molecule has 0 saturated carbocycles. The van der Waals surface area contributed by atoms with Gasteiger partial charge in [-0.2, -0.15) is 0 Å². The molecule has 29 heavy (non-hydrogen) atoms. The van der Waals surface area contributed by atoms with Crippen LogP contribution in [-0.2, 0) is 25.6 Å². The number of carboxylic acid groups (broad SMARTS) is 4. The lowest BCUT2D eigenvalue weighted by Crippen LogP contribution is -2.39. The summed E-state index contributed by atoms with van der Waals surface area (Å²) in [5, 5.41) is 41.1. The maximum absolute atomic E-state index is 10.4. The molecule has 12 heteroatoms. The SMILES string of the molecule is C[C@@H](O)[C@H](N)C(=O)O.N[C@@H](CC(=O)O)C(=O)O.N[C@@H](Cc1ccccc1)C(=O)O. The monoisotopic (exact) mass is 417 g/mol. The third kappa shape index (κ3) is 15.7. The molecule has 0 heterocycles. The van der Waals surface area contributed by atoms with Crippen LogP contribution in [0.25, 0.3) is 0 Å². The zero-order valence-electron chi connectivity index (χ0n) is 15.7. The molecule has 164 valence electrons. The molecule has 0 aliphatic carbocycles. The highest BCUT2D eigenvalue weighted by molar-refractivity contribution is 5.80. The van der Waals surface area contributed by atoms with Gasteiger partial charge in [0.05, 0.1) is 12.5 Å². The largest absolute Gasteiger partial charge is 0.481 e. The van der Waals surface area contributed by atoms with E-state index < -0.39 is 54.5 Å². The van der Waals surface area contributed by atoms with E-state index in [1.54, 1.807) is 0 Å². The van der Waals surface area contributed by atoms with Gasteiger partial charge in [0, 0.05) is 0 Å². The van der Waals surface area contributed by atoms with Gasteiger partial charge in [-0.15, -0.1) is 0 Å². The molecule has 0 radical (unpaired) electrons. The molecule has 12 nitrogen and oxygen atoms in total. The number of benzene rings is 1. The van der Waals surface area contributed by atoms with Crippen molar-refractivity contribution in [3.8, 4) is 0 Å². The van der Waals surface area contributed by atoms with Crippen LogP contribution in [0.2, 0.25) is 0 Å². The van der Waals surface area contributed by atoms with Crippen LogP contribution in [0.1, 0.15) is 18.9 Å². The van der Waals surface area contributed by atoms with Crippen LogP contribution in [0.5, 0.6) is 0 Å². The molecule has 0 aliphatic rings. The smallest absolute Gasteiger partial charge is 0.323 e. The Bertz CT molecular complexity index is 653. The van der Waals surface area contributed by atoms with Crippen LogP contribution in [0, 0.1) is 0 Å². The molecule has 1 aromatic rings. The van der Waals surface area contributed by atoms with Gasteiger partial charge in [0.15, 0.2) is 0 Å². The molecule has 0 aromatic heterocycles. The molecule has 0 amide bonds. The second-order valence-corrected chi connectivity index (χ2v) is 5.78. The van der Waals surface area contributed by atoms with Gasteiger partial charge in [0.2, 0.25) is 0 Å². The quantitative estimate of drug-likeness (QED) is 0.235. The summed E-state index contributed by atoms with van der Waals surface area (Å²) in [4.78, 5) is 39.9. The van der Waals surface area contributed by atoms with Gasteiger partial charge in [-0.05, 0) is 18.9 Å². The Hall–Kier alpha value is -3.06. The van der Waals surface area contributed by atoms with Crippen molar-refractivity contribution in [2.75, 3.05) is 0 Å². The van der Waals surface area contributed by atoms with E-state index in [1.165, 1.54) is 6.92 Å². The first-order valence-electron chi connectivity index (χ1n) is 8.18. The summed E-state index contributed by atoms with van der Waals surface area (Å²) < 4.78 is 0. The van der Waals surface area contributed by atoms with Crippen LogP contribution < -0.4 is 17.2 Å². The van der Waals surface area contributed by atoms with Gasteiger partial charge in [-0.25, -0.2) is 0 Å². The molecule has 0 fully saturated rings. The van der Waals surface area contributed by atoms with Crippen LogP contribution in [0.15, 0.2) is 30.3 Å². The molecule has 0 spiro atoms. The van der Waals surface area contributed by atoms with E-state index in [1.807, 2.05) is 30.3 Å². The lowest BCUT2D eigenvalue weighted by Gasteiger charge is -2.06. The Kier molecular flexibility index (Phi) is 14.5. The standard InChI is InChI=1S/C9H11NO2.C4H7NO4.C4H9NO3/c10-8(9(11)12)6-7-4-2-1-3-5-7;5-2(4(8)9)1-3(6)7;1-2(6)3(5)4(7)8/h1-5,8H,6,10H2,(H,11,12);2H,1,5H2,(H,6,7)(H,8,9);2-3,6H,5H2,1H3,(H,7,8)/t8-;2-;2-,3+/m001/s1. The highest BCUT2D eigenvalue weighted by Crippen LogP contribution is 2.01. The molecular formula is C17H27N3O9. The van der Waals surface area contributed by atoms with Gasteiger partial charge in [-0.1, -0.05) is 30.3 Å². The summed E-state index contributed by atoms with van der Waals surface area (Å²) in [6, 6.07) is 6.10. The molecule has 1 aromatic carbocycles. The summed E-state index contributed by atoms with van der Waals surface area (Å²) in [6.45, 7) is 1.33. The average Bonchev–Trinajstić information content (AvgIpc) is 2.62. The fourth-order valence-corrected chi connectivity index (χ4v) is 1.44. The van der Waals surface area contributed by atoms with Gasteiger partial charge in [0.1, 0.15) is 18.1 Å². The van der Waals surface area contributed by atoms with Crippen molar-refractivity contribution in [1.29, 1.82) is 0 Å². The minimum absolute atomic E-state index is 0.385. The van der Waals surface area contributed by atoms with Crippen LogP contribution in [0.4, 0.5) is 0 Å². The van der Waals surface area contributed by atoms with E-state index in [0.29, 0.717) is 6.42 Å². The van der Waals surface area contributed by atoms with E-state index in [0.717, 1.165) is 5.56 Å². The summed E-state index contributed by atoms with van der Waals surface area (Å²) in [6.07, 6.45) is -1.13. The summed E-state index contributed by atoms with van der Waals surface area (Å²) >= 11 is 0. The first-order valence-corrected chi connectivity index (χ1v) is 8.18. The number of aliphatic hydroxyl groups excluding tert-OH is 1. The summed E-state index contributed by atoms with van der Waals surface area (Å²) in [7, 11) is 0. The van der Waals surface area contributed by atoms with Crippen molar-refractivity contribution in [3.05, 3.63) is 35.9 Å². The second-order valence-electron chi connectivity index (χ2n) is 5.78. The first kappa shape index (κ1) is 28.2. The Labute approximate surface area is 166 Å². The maximum Gasteiger partial charge on any atom is 0.323 e. The number of hydrogen-bond acceptors (Lipinski definition) is 8. The van der Waals surface area contributed by atoms with Crippen molar-refractivity contribution < 1.29 is 44.7 Å². The molecule has 11 N–H and O–H groups in total. The predicted molar refractivity (Wildman–Crippen MR) is 101 cm³/mol. The zero-order chi connectivity index (χ0) is 23.1. The van der Waals surface area contributed by atoms with E-state index in [-0.39, 0.29) is 0 Å². The summed E-state index contributed by atoms with van der Waals surface area (Å²) in [5.74, 6) is -4.64. The lowest BCUT2D eigenvalue weighted by molar-refractivity contribution is -0.144. The Balaban J connectivity index is 0. The average molecular weight is 417 g/mol.